The minimum absolute atomic E-state index is 0.693. The second-order valence-corrected chi connectivity index (χ2v) is 7.44. The van der Waals surface area contributed by atoms with Gasteiger partial charge in [0.1, 0.15) is 0 Å². The quantitative estimate of drug-likeness (QED) is 0.229. The summed E-state index contributed by atoms with van der Waals surface area (Å²) in [4.78, 5) is 2.86. The first-order valence-corrected chi connectivity index (χ1v) is 11.3. The summed E-state index contributed by atoms with van der Waals surface area (Å²) in [5.74, 6) is 0.954. The zero-order valence-corrected chi connectivity index (χ0v) is 17.7. The van der Waals surface area contributed by atoms with E-state index in [1.165, 1.54) is 89.8 Å². The summed E-state index contributed by atoms with van der Waals surface area (Å²) in [6, 6.07) is 3.89. The molecule has 0 spiro atoms. The third-order valence-electron chi connectivity index (χ3n) is 4.97. The van der Waals surface area contributed by atoms with Gasteiger partial charge in [0, 0.05) is 12.4 Å². The minimum Gasteiger partial charge on any atom is -0.368 e. The molecule has 0 aliphatic heterocycles. The molecule has 0 amide bonds. The molecule has 144 valence electrons. The van der Waals surface area contributed by atoms with E-state index in [-0.39, 0.29) is 0 Å². The molecule has 4 heteroatoms. The van der Waals surface area contributed by atoms with Crippen molar-refractivity contribution in [1.82, 2.24) is 4.98 Å². The van der Waals surface area contributed by atoms with Crippen LogP contribution in [0.25, 0.3) is 0 Å². The monoisotopic (exact) mass is 353 g/mol. The van der Waals surface area contributed by atoms with E-state index in [2.05, 4.69) is 33.2 Å². The molecule has 1 nitrogen and oxygen atoms in total. The molecule has 4 radical (unpaired) electrons. The van der Waals surface area contributed by atoms with Crippen molar-refractivity contribution in [3.8, 4) is 0 Å². The van der Waals surface area contributed by atoms with Gasteiger partial charge in [0.25, 0.3) is 0 Å². The van der Waals surface area contributed by atoms with Crippen LogP contribution in [0.1, 0.15) is 97.3 Å². The van der Waals surface area contributed by atoms with Crippen molar-refractivity contribution in [2.45, 2.75) is 110 Å². The highest BCUT2D eigenvalue weighted by Gasteiger charge is 2.08. The highest BCUT2D eigenvalue weighted by atomic mass is 14.6. The average molecular weight is 353 g/mol. The van der Waals surface area contributed by atoms with Crippen LogP contribution in [0.5, 0.6) is 0 Å². The summed E-state index contributed by atoms with van der Waals surface area (Å²) in [5.41, 5.74) is 0. The summed E-state index contributed by atoms with van der Waals surface area (Å²) >= 11 is 0. The Balaban J connectivity index is 0.00000106. The molecule has 0 saturated carbocycles. The van der Waals surface area contributed by atoms with Crippen LogP contribution < -0.4 is 0 Å². The number of hydrogen-bond donors (Lipinski definition) is 1. The van der Waals surface area contributed by atoms with Gasteiger partial charge in [-0.3, -0.25) is 0 Å². The zero-order valence-electron chi connectivity index (χ0n) is 17.7. The van der Waals surface area contributed by atoms with Gasteiger partial charge < -0.3 is 4.98 Å². The molecular weight excluding hydrogens is 311 g/mol. The molecule has 1 heterocycles. The van der Waals surface area contributed by atoms with E-state index in [1.54, 1.807) is 0 Å². The second kappa shape index (κ2) is 22.5. The van der Waals surface area contributed by atoms with Crippen molar-refractivity contribution in [1.29, 1.82) is 0 Å². The Morgan fingerprint density at radius 1 is 0.731 bits per heavy atom. The molecule has 1 unspecified atom stereocenters. The van der Waals surface area contributed by atoms with E-state index < -0.39 is 0 Å². The third-order valence-corrected chi connectivity index (χ3v) is 4.97. The predicted octanol–water partition coefficient (Wildman–Crippen LogP) is 7.01. The molecule has 1 aromatic heterocycles. The summed E-state index contributed by atoms with van der Waals surface area (Å²) in [6.07, 6.45) is 24.1. The van der Waals surface area contributed by atoms with E-state index in [1.807, 2.05) is 24.5 Å². The molecule has 1 aromatic rings. The van der Waals surface area contributed by atoms with Crippen LogP contribution in [0.15, 0.2) is 24.5 Å². The second-order valence-electron chi connectivity index (χ2n) is 7.44. The Labute approximate surface area is 167 Å². The molecule has 0 bridgehead atoms. The maximum atomic E-state index is 5.51. The lowest BCUT2D eigenvalue weighted by molar-refractivity contribution is 0.394. The molecule has 0 saturated heterocycles. The van der Waals surface area contributed by atoms with Crippen molar-refractivity contribution in [2.75, 3.05) is 0 Å². The topological polar surface area (TPSA) is 15.8 Å². The maximum Gasteiger partial charge on any atom is 0.0643 e. The van der Waals surface area contributed by atoms with Crippen LogP contribution in [-0.2, 0) is 0 Å². The summed E-state index contributed by atoms with van der Waals surface area (Å²) < 4.78 is 0. The van der Waals surface area contributed by atoms with Gasteiger partial charge in [0.15, 0.2) is 0 Å². The van der Waals surface area contributed by atoms with E-state index in [4.69, 9.17) is 7.85 Å². The first-order valence-electron chi connectivity index (χ1n) is 11.3. The van der Waals surface area contributed by atoms with Crippen LogP contribution in [-0.4, -0.2) is 27.2 Å². The fourth-order valence-corrected chi connectivity index (χ4v) is 3.33. The molecule has 1 rings (SSSR count). The Hall–Kier alpha value is -0.525. The van der Waals surface area contributed by atoms with Gasteiger partial charge in [-0.1, -0.05) is 104 Å². The van der Waals surface area contributed by atoms with Gasteiger partial charge in [-0.25, -0.2) is 0 Å². The van der Waals surface area contributed by atoms with E-state index in [0.717, 1.165) is 5.92 Å². The van der Waals surface area contributed by atoms with Gasteiger partial charge in [-0.2, -0.15) is 0 Å². The lowest BCUT2D eigenvalue weighted by Gasteiger charge is -2.17. The number of hydrogen-bond acceptors (Lipinski definition) is 0. The summed E-state index contributed by atoms with van der Waals surface area (Å²) in [5, 5.41) is 0. The molecule has 1 N–H and O–H groups in total. The predicted molar refractivity (Wildman–Crippen MR) is 123 cm³/mol. The smallest absolute Gasteiger partial charge is 0.0643 e. The van der Waals surface area contributed by atoms with Crippen LogP contribution >= 0.6 is 0 Å². The van der Waals surface area contributed by atoms with Gasteiger partial charge in [0.05, 0.1) is 22.2 Å². The number of aromatic amines is 1. The van der Waals surface area contributed by atoms with Crippen LogP contribution in [0.2, 0.25) is 12.5 Å². The van der Waals surface area contributed by atoms with E-state index in [9.17, 15) is 0 Å². The number of aromatic nitrogens is 1. The molecule has 0 fully saturated rings. The van der Waals surface area contributed by atoms with Crippen LogP contribution in [0.3, 0.4) is 0 Å². The summed E-state index contributed by atoms with van der Waals surface area (Å²) in [7, 11) is 9.90. The zero-order chi connectivity index (χ0) is 19.1. The van der Waals surface area contributed by atoms with Gasteiger partial charge in [0.2, 0.25) is 0 Å². The third kappa shape index (κ3) is 19.8. The van der Waals surface area contributed by atoms with Gasteiger partial charge in [-0.05, 0) is 18.1 Å². The maximum absolute atomic E-state index is 5.51. The molecular formula is C22H42B3N. The number of unbranched alkanes of at least 4 members (excludes halogenated alkanes) is 8. The number of nitrogens with one attached hydrogen (secondary N) is 1. The fraction of sp³-hybridized carbons (Fsp3) is 0.818. The number of rotatable bonds is 17. The fourth-order valence-electron chi connectivity index (χ4n) is 3.33. The Kier molecular flexibility index (Phi) is 22.1. The van der Waals surface area contributed by atoms with Crippen molar-refractivity contribution in [3.05, 3.63) is 24.5 Å². The van der Waals surface area contributed by atoms with E-state index >= 15 is 0 Å². The molecule has 0 aliphatic rings. The standard InChI is InChI=1S/C18H37B3.C4H5N/c1-3-5-7-9-10-12-14-18(13-11-8-6-4-2)15-16-20-21-17-19;1-2-4-5-3-1/h18H,3-17H2,1-2H3;1-5H. The highest BCUT2D eigenvalue weighted by Crippen LogP contribution is 2.23. The summed E-state index contributed by atoms with van der Waals surface area (Å²) in [6.45, 7) is 4.59. The van der Waals surface area contributed by atoms with Crippen molar-refractivity contribution in [3.63, 3.8) is 0 Å². The molecule has 1 atom stereocenters. The largest absolute Gasteiger partial charge is 0.368 e. The van der Waals surface area contributed by atoms with Crippen LogP contribution in [0.4, 0.5) is 0 Å². The normalized spacial score (nSPS) is 11.5. The Morgan fingerprint density at radius 3 is 1.77 bits per heavy atom. The van der Waals surface area contributed by atoms with Crippen molar-refractivity contribution >= 4 is 22.2 Å². The molecule has 0 aliphatic carbocycles. The lowest BCUT2D eigenvalue weighted by Crippen LogP contribution is -2.07. The molecule has 0 aromatic carbocycles. The Morgan fingerprint density at radius 2 is 1.27 bits per heavy atom. The lowest BCUT2D eigenvalue weighted by atomic mass is 9.34. The SMILES string of the molecule is [B]C[B][B]CCC(CCCCCC)CCCCCCCC.c1cc[nH]c1. The van der Waals surface area contributed by atoms with Crippen molar-refractivity contribution < 1.29 is 0 Å². The average Bonchev–Trinajstić information content (AvgIpc) is 3.24. The first-order chi connectivity index (χ1) is 12.8. The highest BCUT2D eigenvalue weighted by molar-refractivity contribution is 7.02. The first kappa shape index (κ1) is 25.5. The Bertz CT molecular complexity index is 301. The van der Waals surface area contributed by atoms with Gasteiger partial charge in [-0.15, -0.1) is 6.22 Å². The molecule has 26 heavy (non-hydrogen) atoms. The van der Waals surface area contributed by atoms with E-state index in [0.29, 0.717) is 6.22 Å². The minimum atomic E-state index is 0.693. The van der Waals surface area contributed by atoms with Crippen LogP contribution in [0, 0.1) is 5.92 Å². The van der Waals surface area contributed by atoms with Crippen molar-refractivity contribution in [2.24, 2.45) is 5.92 Å². The number of H-pyrrole nitrogens is 1. The van der Waals surface area contributed by atoms with Gasteiger partial charge >= 0.3 is 0 Å².